The topological polar surface area (TPSA) is 69.0 Å². The number of amides is 1. The molecule has 2 aromatic rings. The third-order valence-electron chi connectivity index (χ3n) is 3.70. The van der Waals surface area contributed by atoms with E-state index in [2.05, 4.69) is 31.6 Å². The molecular formula is C15H17BrN4O2. The van der Waals surface area contributed by atoms with Gasteiger partial charge in [0.05, 0.1) is 17.5 Å². The Hall–Kier alpha value is -1.73. The SMILES string of the molecule is Cc1c(C(=O)NC[C@@H]2CCCO2)nnn1-c1ccc(Br)cc1. The molecule has 0 saturated carbocycles. The molecule has 22 heavy (non-hydrogen) atoms. The Balaban J connectivity index is 1.72. The zero-order chi connectivity index (χ0) is 15.5. The van der Waals surface area contributed by atoms with Gasteiger partial charge in [-0.2, -0.15) is 0 Å². The van der Waals surface area contributed by atoms with E-state index in [0.717, 1.165) is 29.6 Å². The van der Waals surface area contributed by atoms with Crippen molar-refractivity contribution in [3.63, 3.8) is 0 Å². The second-order valence-electron chi connectivity index (χ2n) is 5.26. The van der Waals surface area contributed by atoms with E-state index in [9.17, 15) is 4.79 Å². The molecule has 0 spiro atoms. The van der Waals surface area contributed by atoms with Gasteiger partial charge in [-0.1, -0.05) is 21.1 Å². The number of carbonyl (C=O) groups excluding carboxylic acids is 1. The van der Waals surface area contributed by atoms with Gasteiger partial charge in [0.15, 0.2) is 5.69 Å². The van der Waals surface area contributed by atoms with Crippen molar-refractivity contribution in [2.45, 2.75) is 25.9 Å². The Labute approximate surface area is 137 Å². The third-order valence-corrected chi connectivity index (χ3v) is 4.22. The van der Waals surface area contributed by atoms with E-state index in [0.29, 0.717) is 17.9 Å². The molecule has 3 rings (SSSR count). The van der Waals surface area contributed by atoms with Gasteiger partial charge in [-0.05, 0) is 44.0 Å². The van der Waals surface area contributed by atoms with E-state index >= 15 is 0 Å². The Kier molecular flexibility index (Phi) is 4.54. The fourth-order valence-corrected chi connectivity index (χ4v) is 2.73. The number of nitrogens with one attached hydrogen (secondary N) is 1. The Morgan fingerprint density at radius 2 is 2.23 bits per heavy atom. The summed E-state index contributed by atoms with van der Waals surface area (Å²) >= 11 is 3.40. The minimum absolute atomic E-state index is 0.116. The van der Waals surface area contributed by atoms with Gasteiger partial charge in [0.2, 0.25) is 0 Å². The highest BCUT2D eigenvalue weighted by molar-refractivity contribution is 9.10. The van der Waals surface area contributed by atoms with Crippen LogP contribution in [-0.4, -0.2) is 40.2 Å². The number of hydrogen-bond donors (Lipinski definition) is 1. The van der Waals surface area contributed by atoms with E-state index in [4.69, 9.17) is 4.74 Å². The fourth-order valence-electron chi connectivity index (χ4n) is 2.46. The minimum Gasteiger partial charge on any atom is -0.376 e. The van der Waals surface area contributed by atoms with Crippen molar-refractivity contribution in [1.82, 2.24) is 20.3 Å². The molecule has 116 valence electrons. The van der Waals surface area contributed by atoms with Crippen LogP contribution in [0.2, 0.25) is 0 Å². The summed E-state index contributed by atoms with van der Waals surface area (Å²) in [7, 11) is 0. The quantitative estimate of drug-likeness (QED) is 0.903. The summed E-state index contributed by atoms with van der Waals surface area (Å²) in [5, 5.41) is 11.0. The molecule has 1 aliphatic heterocycles. The molecule has 1 aromatic carbocycles. The van der Waals surface area contributed by atoms with Crippen LogP contribution < -0.4 is 5.32 Å². The number of hydrogen-bond acceptors (Lipinski definition) is 4. The van der Waals surface area contributed by atoms with Crippen LogP contribution in [0.15, 0.2) is 28.7 Å². The van der Waals surface area contributed by atoms with Gasteiger partial charge >= 0.3 is 0 Å². The van der Waals surface area contributed by atoms with Gasteiger partial charge < -0.3 is 10.1 Å². The Morgan fingerprint density at radius 1 is 1.45 bits per heavy atom. The van der Waals surface area contributed by atoms with Crippen molar-refractivity contribution in [3.05, 3.63) is 40.1 Å². The molecule has 1 N–H and O–H groups in total. The molecule has 0 bridgehead atoms. The van der Waals surface area contributed by atoms with Crippen LogP contribution >= 0.6 is 15.9 Å². The first kappa shape index (κ1) is 15.2. The first-order chi connectivity index (χ1) is 10.6. The fraction of sp³-hybridized carbons (Fsp3) is 0.400. The first-order valence-corrected chi connectivity index (χ1v) is 8.02. The predicted molar refractivity (Wildman–Crippen MR) is 85.1 cm³/mol. The monoisotopic (exact) mass is 364 g/mol. The zero-order valence-corrected chi connectivity index (χ0v) is 13.8. The number of halogens is 1. The Morgan fingerprint density at radius 3 is 2.91 bits per heavy atom. The van der Waals surface area contributed by atoms with Crippen molar-refractivity contribution in [3.8, 4) is 5.69 Å². The first-order valence-electron chi connectivity index (χ1n) is 7.23. The van der Waals surface area contributed by atoms with E-state index in [1.807, 2.05) is 31.2 Å². The molecule has 1 amide bonds. The summed E-state index contributed by atoms with van der Waals surface area (Å²) in [4.78, 5) is 12.2. The lowest BCUT2D eigenvalue weighted by Crippen LogP contribution is -2.32. The zero-order valence-electron chi connectivity index (χ0n) is 12.3. The lowest BCUT2D eigenvalue weighted by Gasteiger charge is -2.10. The van der Waals surface area contributed by atoms with Crippen LogP contribution in [0.5, 0.6) is 0 Å². The standard InChI is InChI=1S/C15H17BrN4O2/c1-10-14(15(21)17-9-13-3-2-8-22-13)18-19-20(10)12-6-4-11(16)5-7-12/h4-7,13H,2-3,8-9H2,1H3,(H,17,21)/t13-/m0/s1. The summed E-state index contributed by atoms with van der Waals surface area (Å²) in [5.74, 6) is -0.212. The summed E-state index contributed by atoms with van der Waals surface area (Å²) in [6.45, 7) is 3.13. The van der Waals surface area contributed by atoms with Gasteiger partial charge in [0.25, 0.3) is 5.91 Å². The summed E-state index contributed by atoms with van der Waals surface area (Å²) < 4.78 is 8.14. The molecule has 1 aromatic heterocycles. The van der Waals surface area contributed by atoms with Crippen molar-refractivity contribution >= 4 is 21.8 Å². The van der Waals surface area contributed by atoms with Gasteiger partial charge in [-0.25, -0.2) is 4.68 Å². The number of nitrogens with zero attached hydrogens (tertiary/aromatic N) is 3. The maximum Gasteiger partial charge on any atom is 0.273 e. The van der Waals surface area contributed by atoms with Gasteiger partial charge in [0, 0.05) is 17.6 Å². The van der Waals surface area contributed by atoms with Crippen LogP contribution in [-0.2, 0) is 4.74 Å². The predicted octanol–water partition coefficient (Wildman–Crippen LogP) is 2.25. The number of benzene rings is 1. The number of aromatic nitrogens is 3. The average Bonchev–Trinajstić information content (AvgIpc) is 3.15. The smallest absolute Gasteiger partial charge is 0.273 e. The molecule has 0 unspecified atom stereocenters. The van der Waals surface area contributed by atoms with Crippen molar-refractivity contribution in [2.24, 2.45) is 0 Å². The maximum atomic E-state index is 12.2. The van der Waals surface area contributed by atoms with Gasteiger partial charge in [-0.15, -0.1) is 5.10 Å². The molecular weight excluding hydrogens is 348 g/mol. The summed E-state index contributed by atoms with van der Waals surface area (Å²) in [6, 6.07) is 7.68. The van der Waals surface area contributed by atoms with Crippen molar-refractivity contribution < 1.29 is 9.53 Å². The normalized spacial score (nSPS) is 17.6. The van der Waals surface area contributed by atoms with Crippen LogP contribution in [0.4, 0.5) is 0 Å². The number of ether oxygens (including phenoxy) is 1. The molecule has 1 saturated heterocycles. The maximum absolute atomic E-state index is 12.2. The molecule has 7 heteroatoms. The minimum atomic E-state index is -0.212. The highest BCUT2D eigenvalue weighted by Gasteiger charge is 2.20. The Bertz CT molecular complexity index is 663. The van der Waals surface area contributed by atoms with E-state index in [1.165, 1.54) is 0 Å². The lowest BCUT2D eigenvalue weighted by atomic mass is 10.2. The van der Waals surface area contributed by atoms with E-state index < -0.39 is 0 Å². The molecule has 1 atom stereocenters. The summed E-state index contributed by atoms with van der Waals surface area (Å²) in [6.07, 6.45) is 2.16. The molecule has 0 radical (unpaired) electrons. The second-order valence-corrected chi connectivity index (χ2v) is 6.17. The van der Waals surface area contributed by atoms with Crippen molar-refractivity contribution in [2.75, 3.05) is 13.2 Å². The lowest BCUT2D eigenvalue weighted by molar-refractivity contribution is 0.0853. The second kappa shape index (κ2) is 6.58. The third kappa shape index (κ3) is 3.20. The molecule has 2 heterocycles. The average molecular weight is 365 g/mol. The molecule has 6 nitrogen and oxygen atoms in total. The van der Waals surface area contributed by atoms with E-state index in [-0.39, 0.29) is 12.0 Å². The van der Waals surface area contributed by atoms with Gasteiger partial charge in [-0.3, -0.25) is 4.79 Å². The van der Waals surface area contributed by atoms with Crippen molar-refractivity contribution in [1.29, 1.82) is 0 Å². The molecule has 1 fully saturated rings. The molecule has 0 aliphatic carbocycles. The number of carbonyl (C=O) groups is 1. The van der Waals surface area contributed by atoms with Crippen LogP contribution in [0, 0.1) is 6.92 Å². The number of rotatable bonds is 4. The largest absolute Gasteiger partial charge is 0.376 e. The summed E-state index contributed by atoms with van der Waals surface area (Å²) in [5.41, 5.74) is 1.93. The highest BCUT2D eigenvalue weighted by Crippen LogP contribution is 2.16. The van der Waals surface area contributed by atoms with Crippen LogP contribution in [0.25, 0.3) is 5.69 Å². The van der Waals surface area contributed by atoms with Gasteiger partial charge in [0.1, 0.15) is 0 Å². The van der Waals surface area contributed by atoms with Crippen LogP contribution in [0.1, 0.15) is 29.0 Å². The van der Waals surface area contributed by atoms with E-state index in [1.54, 1.807) is 4.68 Å². The highest BCUT2D eigenvalue weighted by atomic mass is 79.9. The molecule has 1 aliphatic rings. The van der Waals surface area contributed by atoms with Crippen LogP contribution in [0.3, 0.4) is 0 Å².